The summed E-state index contributed by atoms with van der Waals surface area (Å²) in [4.78, 5) is 0. The number of aliphatic hydroxyl groups is 3. The SMILES string of the molecule is N.OC(O)C(O)NCc1ccccc1. The van der Waals surface area contributed by atoms with Gasteiger partial charge in [0.15, 0.2) is 12.5 Å². The lowest BCUT2D eigenvalue weighted by atomic mass is 10.2. The normalized spacial score (nSPS) is 12.3. The highest BCUT2D eigenvalue weighted by atomic mass is 16.5. The van der Waals surface area contributed by atoms with E-state index in [1.165, 1.54) is 0 Å². The Balaban J connectivity index is 0.00000169. The molecule has 5 heteroatoms. The van der Waals surface area contributed by atoms with Crippen LogP contribution in [0.15, 0.2) is 30.3 Å². The molecule has 0 bridgehead atoms. The Hall–Kier alpha value is -0.980. The van der Waals surface area contributed by atoms with E-state index in [1.54, 1.807) is 0 Å². The Bertz CT molecular complexity index is 241. The van der Waals surface area contributed by atoms with E-state index in [0.29, 0.717) is 6.54 Å². The molecule has 14 heavy (non-hydrogen) atoms. The van der Waals surface area contributed by atoms with E-state index in [9.17, 15) is 0 Å². The van der Waals surface area contributed by atoms with Crippen LogP contribution < -0.4 is 11.5 Å². The highest BCUT2D eigenvalue weighted by Gasteiger charge is 2.10. The fourth-order valence-electron chi connectivity index (χ4n) is 0.924. The minimum Gasteiger partial charge on any atom is -0.373 e. The quantitative estimate of drug-likeness (QED) is 0.424. The highest BCUT2D eigenvalue weighted by Crippen LogP contribution is 1.98. The lowest BCUT2D eigenvalue weighted by Crippen LogP contribution is -2.38. The van der Waals surface area contributed by atoms with Crippen molar-refractivity contribution in [3.05, 3.63) is 35.9 Å². The average Bonchev–Trinajstić information content (AvgIpc) is 2.15. The van der Waals surface area contributed by atoms with Crippen LogP contribution in [0.3, 0.4) is 0 Å². The van der Waals surface area contributed by atoms with Crippen molar-refractivity contribution in [2.75, 3.05) is 0 Å². The van der Waals surface area contributed by atoms with Crippen LogP contribution in [-0.2, 0) is 6.54 Å². The Morgan fingerprint density at radius 1 is 1.07 bits per heavy atom. The molecule has 0 aliphatic carbocycles. The minimum absolute atomic E-state index is 0. The predicted octanol–water partition coefficient (Wildman–Crippen LogP) is -0.433. The van der Waals surface area contributed by atoms with Crippen LogP contribution in [-0.4, -0.2) is 27.8 Å². The van der Waals surface area contributed by atoms with Gasteiger partial charge < -0.3 is 21.5 Å². The van der Waals surface area contributed by atoms with Crippen molar-refractivity contribution in [1.29, 1.82) is 0 Å². The molecule has 80 valence electrons. The van der Waals surface area contributed by atoms with Gasteiger partial charge in [-0.25, -0.2) is 0 Å². The van der Waals surface area contributed by atoms with E-state index >= 15 is 0 Å². The lowest BCUT2D eigenvalue weighted by molar-refractivity contribution is -0.133. The number of nitrogens with one attached hydrogen (secondary N) is 1. The molecule has 0 aliphatic heterocycles. The maximum absolute atomic E-state index is 8.98. The smallest absolute Gasteiger partial charge is 0.192 e. The Labute approximate surface area is 82.6 Å². The fourth-order valence-corrected chi connectivity index (χ4v) is 0.924. The van der Waals surface area contributed by atoms with Crippen molar-refractivity contribution in [3.63, 3.8) is 0 Å². The van der Waals surface area contributed by atoms with Crippen molar-refractivity contribution in [3.8, 4) is 0 Å². The van der Waals surface area contributed by atoms with Gasteiger partial charge in [-0.05, 0) is 5.56 Å². The molecule has 0 heterocycles. The molecule has 0 spiro atoms. The third-order valence-electron chi connectivity index (χ3n) is 1.64. The van der Waals surface area contributed by atoms with Crippen molar-refractivity contribution >= 4 is 0 Å². The molecule has 1 unspecified atom stereocenters. The van der Waals surface area contributed by atoms with Crippen molar-refractivity contribution in [2.45, 2.75) is 19.1 Å². The summed E-state index contributed by atoms with van der Waals surface area (Å²) in [7, 11) is 0. The van der Waals surface area contributed by atoms with E-state index in [4.69, 9.17) is 15.3 Å². The number of hydrogen-bond acceptors (Lipinski definition) is 5. The third kappa shape index (κ3) is 4.31. The minimum atomic E-state index is -1.75. The Kier molecular flexibility index (Phi) is 6.02. The first-order chi connectivity index (χ1) is 6.20. The van der Waals surface area contributed by atoms with Gasteiger partial charge in [0.25, 0.3) is 0 Å². The maximum Gasteiger partial charge on any atom is 0.192 e. The van der Waals surface area contributed by atoms with Crippen LogP contribution in [0.25, 0.3) is 0 Å². The van der Waals surface area contributed by atoms with Crippen molar-refractivity contribution in [1.82, 2.24) is 11.5 Å². The van der Waals surface area contributed by atoms with Gasteiger partial charge >= 0.3 is 0 Å². The fraction of sp³-hybridized carbons (Fsp3) is 0.333. The topological polar surface area (TPSA) is 108 Å². The van der Waals surface area contributed by atoms with Crippen LogP contribution in [0.2, 0.25) is 0 Å². The number of rotatable bonds is 4. The van der Waals surface area contributed by atoms with Gasteiger partial charge in [-0.15, -0.1) is 0 Å². The maximum atomic E-state index is 8.98. The summed E-state index contributed by atoms with van der Waals surface area (Å²) in [5.41, 5.74) is 0.974. The van der Waals surface area contributed by atoms with Crippen LogP contribution in [0, 0.1) is 0 Å². The molecule has 5 nitrogen and oxygen atoms in total. The van der Waals surface area contributed by atoms with E-state index in [-0.39, 0.29) is 6.15 Å². The van der Waals surface area contributed by atoms with E-state index in [1.807, 2.05) is 30.3 Å². The number of benzene rings is 1. The van der Waals surface area contributed by atoms with E-state index in [0.717, 1.165) is 5.56 Å². The molecule has 0 saturated heterocycles. The molecule has 0 aliphatic rings. The number of hydrogen-bond donors (Lipinski definition) is 5. The summed E-state index contributed by atoms with van der Waals surface area (Å²) in [6, 6.07) is 9.39. The van der Waals surface area contributed by atoms with Gasteiger partial charge in [0, 0.05) is 6.54 Å². The van der Waals surface area contributed by atoms with Crippen molar-refractivity contribution in [2.24, 2.45) is 0 Å². The molecule has 0 amide bonds. The second-order valence-electron chi connectivity index (χ2n) is 2.72. The Morgan fingerprint density at radius 2 is 1.64 bits per heavy atom. The second-order valence-corrected chi connectivity index (χ2v) is 2.72. The molecule has 0 radical (unpaired) electrons. The van der Waals surface area contributed by atoms with Gasteiger partial charge in [0.2, 0.25) is 0 Å². The summed E-state index contributed by atoms with van der Waals surface area (Å²) in [5, 5.41) is 28.6. The standard InChI is InChI=1S/C9H13NO3.H3N/c11-8(9(12)13)10-6-7-4-2-1-3-5-7;/h1-5,8-13H,6H2;1H3. The van der Waals surface area contributed by atoms with Gasteiger partial charge in [-0.1, -0.05) is 30.3 Å². The van der Waals surface area contributed by atoms with Crippen LogP contribution in [0.5, 0.6) is 0 Å². The number of aliphatic hydroxyl groups excluding tert-OH is 2. The molecule has 0 saturated carbocycles. The molecule has 1 atom stereocenters. The molecule has 7 N–H and O–H groups in total. The summed E-state index contributed by atoms with van der Waals surface area (Å²) >= 11 is 0. The van der Waals surface area contributed by atoms with E-state index < -0.39 is 12.5 Å². The van der Waals surface area contributed by atoms with Gasteiger partial charge in [0.1, 0.15) is 0 Å². The summed E-state index contributed by atoms with van der Waals surface area (Å²) in [5.74, 6) is 0. The molecular weight excluding hydrogens is 184 g/mol. The van der Waals surface area contributed by atoms with Crippen LogP contribution in [0.1, 0.15) is 5.56 Å². The average molecular weight is 200 g/mol. The first-order valence-corrected chi connectivity index (χ1v) is 4.01. The predicted molar refractivity (Wildman–Crippen MR) is 52.5 cm³/mol. The first kappa shape index (κ1) is 13.0. The molecule has 1 rings (SSSR count). The molecular formula is C9H16N2O3. The molecule has 0 aromatic heterocycles. The second kappa shape index (κ2) is 6.47. The largest absolute Gasteiger partial charge is 0.373 e. The summed E-state index contributed by atoms with van der Waals surface area (Å²) in [6.07, 6.45) is -3.05. The van der Waals surface area contributed by atoms with Gasteiger partial charge in [-0.2, -0.15) is 0 Å². The van der Waals surface area contributed by atoms with E-state index in [2.05, 4.69) is 5.32 Å². The zero-order valence-electron chi connectivity index (χ0n) is 7.80. The Morgan fingerprint density at radius 3 is 2.14 bits per heavy atom. The lowest BCUT2D eigenvalue weighted by Gasteiger charge is -2.13. The highest BCUT2D eigenvalue weighted by molar-refractivity contribution is 5.14. The van der Waals surface area contributed by atoms with Crippen LogP contribution in [0.4, 0.5) is 0 Å². The van der Waals surface area contributed by atoms with Gasteiger partial charge in [-0.3, -0.25) is 5.32 Å². The summed E-state index contributed by atoms with van der Waals surface area (Å²) < 4.78 is 0. The zero-order chi connectivity index (χ0) is 9.68. The van der Waals surface area contributed by atoms with Crippen LogP contribution >= 0.6 is 0 Å². The van der Waals surface area contributed by atoms with Gasteiger partial charge in [0.05, 0.1) is 0 Å². The summed E-state index contributed by atoms with van der Waals surface area (Å²) in [6.45, 7) is 0.402. The molecule has 1 aromatic carbocycles. The third-order valence-corrected chi connectivity index (χ3v) is 1.64. The molecule has 1 aromatic rings. The monoisotopic (exact) mass is 200 g/mol. The first-order valence-electron chi connectivity index (χ1n) is 4.01. The van der Waals surface area contributed by atoms with Crippen molar-refractivity contribution < 1.29 is 15.3 Å². The zero-order valence-corrected chi connectivity index (χ0v) is 7.80. The molecule has 0 fully saturated rings.